The Labute approximate surface area is 113 Å². The lowest BCUT2D eigenvalue weighted by Gasteiger charge is -2.33. The van der Waals surface area contributed by atoms with Crippen molar-refractivity contribution in [3.8, 4) is 0 Å². The number of nitrogens with one attached hydrogen (secondary N) is 1. The largest absolute Gasteiger partial charge is 0.468 e. The fourth-order valence-corrected chi connectivity index (χ4v) is 2.51. The van der Waals surface area contributed by atoms with Crippen LogP contribution in [0.5, 0.6) is 0 Å². The fourth-order valence-electron chi connectivity index (χ4n) is 2.51. The summed E-state index contributed by atoms with van der Waals surface area (Å²) in [5.41, 5.74) is 0. The summed E-state index contributed by atoms with van der Waals surface area (Å²) < 4.78 is 5.33. The Balaban J connectivity index is 1.47. The van der Waals surface area contributed by atoms with Gasteiger partial charge in [0.2, 0.25) is 0 Å². The quantitative estimate of drug-likeness (QED) is 0.913. The normalized spacial score (nSPS) is 16.7. The Kier molecular flexibility index (Phi) is 3.79. The van der Waals surface area contributed by atoms with Gasteiger partial charge in [-0.05, 0) is 37.1 Å². The molecule has 1 aliphatic rings. The molecule has 0 atom stereocenters. The highest BCUT2D eigenvalue weighted by atomic mass is 16.3. The molecule has 100 valence electrons. The zero-order chi connectivity index (χ0) is 12.9. The van der Waals surface area contributed by atoms with E-state index in [4.69, 9.17) is 4.42 Å². The van der Waals surface area contributed by atoms with E-state index in [1.165, 1.54) is 0 Å². The highest BCUT2D eigenvalue weighted by Gasteiger charge is 2.19. The lowest BCUT2D eigenvalue weighted by molar-refractivity contribution is 0.388. The van der Waals surface area contributed by atoms with Crippen molar-refractivity contribution in [2.24, 2.45) is 0 Å². The molecule has 0 bridgehead atoms. The van der Waals surface area contributed by atoms with E-state index in [9.17, 15) is 0 Å². The molecule has 4 nitrogen and oxygen atoms in total. The molecule has 0 unspecified atom stereocenters. The predicted molar refractivity (Wildman–Crippen MR) is 75.0 cm³/mol. The Morgan fingerprint density at radius 1 is 1.21 bits per heavy atom. The number of nitrogens with zero attached hydrogens (tertiary/aromatic N) is 2. The number of pyridine rings is 1. The molecular weight excluding hydrogens is 238 g/mol. The second-order valence-electron chi connectivity index (χ2n) is 4.91. The second kappa shape index (κ2) is 5.89. The number of rotatable bonds is 4. The minimum Gasteiger partial charge on any atom is -0.468 e. The van der Waals surface area contributed by atoms with Gasteiger partial charge in [-0.15, -0.1) is 0 Å². The van der Waals surface area contributed by atoms with E-state index in [1.807, 2.05) is 30.5 Å². The molecule has 0 radical (unpaired) electrons. The maximum absolute atomic E-state index is 5.33. The van der Waals surface area contributed by atoms with Crippen molar-refractivity contribution in [1.82, 2.24) is 10.3 Å². The highest BCUT2D eigenvalue weighted by molar-refractivity contribution is 5.38. The first-order valence-corrected chi connectivity index (χ1v) is 6.83. The van der Waals surface area contributed by atoms with E-state index in [0.29, 0.717) is 6.04 Å². The number of anilines is 1. The summed E-state index contributed by atoms with van der Waals surface area (Å²) in [6, 6.07) is 10.6. The van der Waals surface area contributed by atoms with Gasteiger partial charge in [0.15, 0.2) is 0 Å². The van der Waals surface area contributed by atoms with Crippen molar-refractivity contribution in [3.05, 3.63) is 48.6 Å². The van der Waals surface area contributed by atoms with E-state index in [-0.39, 0.29) is 0 Å². The first-order valence-electron chi connectivity index (χ1n) is 6.83. The number of piperidine rings is 1. The molecule has 0 aromatic carbocycles. The predicted octanol–water partition coefficient (Wildman–Crippen LogP) is 2.43. The Hall–Kier alpha value is -1.81. The number of furan rings is 1. The summed E-state index contributed by atoms with van der Waals surface area (Å²) >= 11 is 0. The lowest BCUT2D eigenvalue weighted by Crippen LogP contribution is -2.42. The summed E-state index contributed by atoms with van der Waals surface area (Å²) in [7, 11) is 0. The van der Waals surface area contributed by atoms with Gasteiger partial charge in [0.1, 0.15) is 11.6 Å². The van der Waals surface area contributed by atoms with Crippen molar-refractivity contribution >= 4 is 5.82 Å². The molecule has 0 saturated carbocycles. The van der Waals surface area contributed by atoms with Crippen LogP contribution < -0.4 is 10.2 Å². The second-order valence-corrected chi connectivity index (χ2v) is 4.91. The van der Waals surface area contributed by atoms with Crippen LogP contribution >= 0.6 is 0 Å². The Morgan fingerprint density at radius 3 is 2.79 bits per heavy atom. The fraction of sp³-hybridized carbons (Fsp3) is 0.400. The van der Waals surface area contributed by atoms with Crippen molar-refractivity contribution < 1.29 is 4.42 Å². The van der Waals surface area contributed by atoms with Crippen LogP contribution in [0, 0.1) is 0 Å². The first kappa shape index (κ1) is 12.2. The van der Waals surface area contributed by atoms with E-state index in [0.717, 1.165) is 44.1 Å². The molecule has 19 heavy (non-hydrogen) atoms. The van der Waals surface area contributed by atoms with Gasteiger partial charge < -0.3 is 14.6 Å². The van der Waals surface area contributed by atoms with Crippen LogP contribution in [-0.4, -0.2) is 24.1 Å². The molecule has 4 heteroatoms. The summed E-state index contributed by atoms with van der Waals surface area (Å²) in [6.07, 6.45) is 5.88. The van der Waals surface area contributed by atoms with Crippen molar-refractivity contribution in [1.29, 1.82) is 0 Å². The standard InChI is InChI=1S/C15H19N3O/c1-2-8-16-15(5-1)18-9-6-13(7-10-18)17-12-14-4-3-11-19-14/h1-5,8,11,13,17H,6-7,9-10,12H2. The first-order chi connectivity index (χ1) is 9.42. The minimum absolute atomic E-state index is 0.574. The Bertz CT molecular complexity index is 475. The number of aromatic nitrogens is 1. The number of hydrogen-bond donors (Lipinski definition) is 1. The molecule has 0 aliphatic carbocycles. The van der Waals surface area contributed by atoms with Crippen LogP contribution in [0.1, 0.15) is 18.6 Å². The van der Waals surface area contributed by atoms with Crippen molar-refractivity contribution in [2.45, 2.75) is 25.4 Å². The molecule has 3 rings (SSSR count). The average molecular weight is 257 g/mol. The highest BCUT2D eigenvalue weighted by Crippen LogP contribution is 2.17. The molecule has 1 aliphatic heterocycles. The van der Waals surface area contributed by atoms with Crippen LogP contribution in [0.4, 0.5) is 5.82 Å². The van der Waals surface area contributed by atoms with Crippen molar-refractivity contribution in [3.63, 3.8) is 0 Å². The smallest absolute Gasteiger partial charge is 0.128 e. The van der Waals surface area contributed by atoms with Crippen LogP contribution in [-0.2, 0) is 6.54 Å². The van der Waals surface area contributed by atoms with E-state index in [2.05, 4.69) is 21.3 Å². The van der Waals surface area contributed by atoms with Gasteiger partial charge in [0.05, 0.1) is 12.8 Å². The summed E-state index contributed by atoms with van der Waals surface area (Å²) in [5, 5.41) is 3.56. The molecule has 2 aromatic heterocycles. The third-order valence-electron chi connectivity index (χ3n) is 3.61. The summed E-state index contributed by atoms with van der Waals surface area (Å²) in [4.78, 5) is 6.76. The summed E-state index contributed by atoms with van der Waals surface area (Å²) in [6.45, 7) is 2.95. The van der Waals surface area contributed by atoms with E-state index < -0.39 is 0 Å². The maximum atomic E-state index is 5.33. The Morgan fingerprint density at radius 2 is 2.11 bits per heavy atom. The molecule has 2 aromatic rings. The third kappa shape index (κ3) is 3.15. The monoisotopic (exact) mass is 257 g/mol. The van der Waals surface area contributed by atoms with E-state index in [1.54, 1.807) is 6.26 Å². The molecular formula is C15H19N3O. The van der Waals surface area contributed by atoms with Gasteiger partial charge in [-0.3, -0.25) is 0 Å². The zero-order valence-electron chi connectivity index (χ0n) is 11.0. The van der Waals surface area contributed by atoms with Gasteiger partial charge in [0, 0.05) is 25.3 Å². The molecule has 0 amide bonds. The van der Waals surface area contributed by atoms with E-state index >= 15 is 0 Å². The van der Waals surface area contributed by atoms with Crippen LogP contribution in [0.3, 0.4) is 0 Å². The molecule has 0 spiro atoms. The lowest BCUT2D eigenvalue weighted by atomic mass is 10.0. The van der Waals surface area contributed by atoms with Gasteiger partial charge in [-0.2, -0.15) is 0 Å². The zero-order valence-corrected chi connectivity index (χ0v) is 11.0. The summed E-state index contributed by atoms with van der Waals surface area (Å²) in [5.74, 6) is 2.10. The topological polar surface area (TPSA) is 41.3 Å². The maximum Gasteiger partial charge on any atom is 0.128 e. The molecule has 1 saturated heterocycles. The number of hydrogen-bond acceptors (Lipinski definition) is 4. The van der Waals surface area contributed by atoms with Gasteiger partial charge >= 0.3 is 0 Å². The average Bonchev–Trinajstić information content (AvgIpc) is 3.00. The third-order valence-corrected chi connectivity index (χ3v) is 3.61. The van der Waals surface area contributed by atoms with Crippen LogP contribution in [0.15, 0.2) is 47.2 Å². The molecule has 1 N–H and O–H groups in total. The van der Waals surface area contributed by atoms with Gasteiger partial charge in [-0.25, -0.2) is 4.98 Å². The van der Waals surface area contributed by atoms with Crippen molar-refractivity contribution in [2.75, 3.05) is 18.0 Å². The van der Waals surface area contributed by atoms with Gasteiger partial charge in [0.25, 0.3) is 0 Å². The van der Waals surface area contributed by atoms with Crippen LogP contribution in [0.25, 0.3) is 0 Å². The molecule has 1 fully saturated rings. The SMILES string of the molecule is c1ccc(N2CCC(NCc3ccco3)CC2)nc1. The van der Waals surface area contributed by atoms with Gasteiger partial charge in [-0.1, -0.05) is 6.07 Å². The minimum atomic E-state index is 0.574. The molecule has 3 heterocycles. The van der Waals surface area contributed by atoms with Crippen LogP contribution in [0.2, 0.25) is 0 Å².